The van der Waals surface area contributed by atoms with E-state index in [0.29, 0.717) is 0 Å². The number of rotatable bonds is 1. The molecule has 5 heteroatoms. The third-order valence-corrected chi connectivity index (χ3v) is 3.28. The molecule has 2 heterocycles. The molecule has 1 N–H and O–H groups in total. The SMILES string of the molecule is Cc1c(C(=O)N2CCNCC2)cnn1C(C)(C)C. The van der Waals surface area contributed by atoms with Crippen molar-refractivity contribution < 1.29 is 4.79 Å². The fourth-order valence-corrected chi connectivity index (χ4v) is 2.33. The second-order valence-electron chi connectivity index (χ2n) is 5.77. The van der Waals surface area contributed by atoms with Crippen LogP contribution in [0.4, 0.5) is 0 Å². The van der Waals surface area contributed by atoms with Crippen molar-refractivity contribution in [1.29, 1.82) is 0 Å². The maximum absolute atomic E-state index is 12.4. The first-order valence-corrected chi connectivity index (χ1v) is 6.46. The Morgan fingerprint density at radius 1 is 1.33 bits per heavy atom. The summed E-state index contributed by atoms with van der Waals surface area (Å²) < 4.78 is 1.92. The number of carbonyl (C=O) groups excluding carboxylic acids is 1. The highest BCUT2D eigenvalue weighted by Gasteiger charge is 2.25. The lowest BCUT2D eigenvalue weighted by Crippen LogP contribution is -2.46. The molecule has 0 atom stereocenters. The van der Waals surface area contributed by atoms with Crippen LogP contribution in [-0.4, -0.2) is 46.8 Å². The minimum Gasteiger partial charge on any atom is -0.336 e. The zero-order valence-corrected chi connectivity index (χ0v) is 11.7. The normalized spacial score (nSPS) is 17.0. The van der Waals surface area contributed by atoms with Crippen molar-refractivity contribution in [3.63, 3.8) is 0 Å². The Balaban J connectivity index is 2.23. The van der Waals surface area contributed by atoms with Crippen molar-refractivity contribution in [2.45, 2.75) is 33.2 Å². The summed E-state index contributed by atoms with van der Waals surface area (Å²) in [5.74, 6) is 0.101. The molecule has 0 radical (unpaired) electrons. The number of piperazine rings is 1. The zero-order valence-electron chi connectivity index (χ0n) is 11.7. The Morgan fingerprint density at radius 2 is 1.94 bits per heavy atom. The summed E-state index contributed by atoms with van der Waals surface area (Å²) in [5, 5.41) is 7.61. The largest absolute Gasteiger partial charge is 0.336 e. The van der Waals surface area contributed by atoms with Gasteiger partial charge in [0, 0.05) is 31.9 Å². The summed E-state index contributed by atoms with van der Waals surface area (Å²) in [6.45, 7) is 11.5. The number of amides is 1. The molecule has 0 aliphatic carbocycles. The summed E-state index contributed by atoms with van der Waals surface area (Å²) >= 11 is 0. The molecule has 1 aromatic rings. The van der Waals surface area contributed by atoms with E-state index in [0.717, 1.165) is 37.4 Å². The maximum atomic E-state index is 12.4. The minimum atomic E-state index is -0.0912. The van der Waals surface area contributed by atoms with Crippen LogP contribution < -0.4 is 5.32 Å². The van der Waals surface area contributed by atoms with Crippen LogP contribution in [0.5, 0.6) is 0 Å². The molecule has 100 valence electrons. The van der Waals surface area contributed by atoms with Gasteiger partial charge in [0.15, 0.2) is 0 Å². The lowest BCUT2D eigenvalue weighted by Gasteiger charge is -2.27. The molecule has 1 fully saturated rings. The molecule has 1 aromatic heterocycles. The average Bonchev–Trinajstić information content (AvgIpc) is 2.71. The van der Waals surface area contributed by atoms with Gasteiger partial charge in [-0.15, -0.1) is 0 Å². The highest BCUT2D eigenvalue weighted by atomic mass is 16.2. The topological polar surface area (TPSA) is 50.2 Å². The Bertz CT molecular complexity index is 438. The molecule has 0 unspecified atom stereocenters. The van der Waals surface area contributed by atoms with Gasteiger partial charge < -0.3 is 10.2 Å². The van der Waals surface area contributed by atoms with Crippen LogP contribution in [0.25, 0.3) is 0 Å². The van der Waals surface area contributed by atoms with Crippen LogP contribution in [0.1, 0.15) is 36.8 Å². The Labute approximate surface area is 108 Å². The molecule has 0 spiro atoms. The summed E-state index contributed by atoms with van der Waals surface area (Å²) in [6.07, 6.45) is 1.70. The van der Waals surface area contributed by atoms with E-state index in [2.05, 4.69) is 31.2 Å². The molecule has 5 nitrogen and oxygen atoms in total. The van der Waals surface area contributed by atoms with E-state index >= 15 is 0 Å². The lowest BCUT2D eigenvalue weighted by atomic mass is 10.1. The van der Waals surface area contributed by atoms with Crippen LogP contribution in [0.2, 0.25) is 0 Å². The molecule has 0 bridgehead atoms. The van der Waals surface area contributed by atoms with Crippen molar-refractivity contribution in [3.05, 3.63) is 17.5 Å². The summed E-state index contributed by atoms with van der Waals surface area (Å²) in [6, 6.07) is 0. The third-order valence-electron chi connectivity index (χ3n) is 3.28. The first-order valence-electron chi connectivity index (χ1n) is 6.46. The molecule has 0 saturated carbocycles. The first kappa shape index (κ1) is 13.1. The predicted octanol–water partition coefficient (Wildman–Crippen LogP) is 0.992. The minimum absolute atomic E-state index is 0.0912. The number of nitrogens with zero attached hydrogens (tertiary/aromatic N) is 3. The zero-order chi connectivity index (χ0) is 13.3. The number of carbonyl (C=O) groups is 1. The van der Waals surface area contributed by atoms with E-state index in [1.54, 1.807) is 6.20 Å². The van der Waals surface area contributed by atoms with Crippen molar-refractivity contribution in [2.75, 3.05) is 26.2 Å². The molecule has 2 rings (SSSR count). The van der Waals surface area contributed by atoms with E-state index in [9.17, 15) is 4.79 Å². The molecule has 1 aliphatic heterocycles. The molecule has 18 heavy (non-hydrogen) atoms. The lowest BCUT2D eigenvalue weighted by molar-refractivity contribution is 0.0735. The summed E-state index contributed by atoms with van der Waals surface area (Å²) in [4.78, 5) is 14.3. The van der Waals surface area contributed by atoms with Gasteiger partial charge in [-0.3, -0.25) is 9.48 Å². The van der Waals surface area contributed by atoms with Crippen LogP contribution in [0.15, 0.2) is 6.20 Å². The number of hydrogen-bond donors (Lipinski definition) is 1. The van der Waals surface area contributed by atoms with Crippen LogP contribution in [0, 0.1) is 6.92 Å². The maximum Gasteiger partial charge on any atom is 0.257 e. The van der Waals surface area contributed by atoms with Gasteiger partial charge >= 0.3 is 0 Å². The van der Waals surface area contributed by atoms with Gasteiger partial charge in [-0.25, -0.2) is 0 Å². The van der Waals surface area contributed by atoms with E-state index in [1.165, 1.54) is 0 Å². The number of nitrogens with one attached hydrogen (secondary N) is 1. The summed E-state index contributed by atoms with van der Waals surface area (Å²) in [5.41, 5.74) is 1.59. The van der Waals surface area contributed by atoms with Crippen molar-refractivity contribution in [3.8, 4) is 0 Å². The van der Waals surface area contributed by atoms with Crippen LogP contribution in [0.3, 0.4) is 0 Å². The van der Waals surface area contributed by atoms with Gasteiger partial charge in [-0.1, -0.05) is 0 Å². The van der Waals surface area contributed by atoms with Gasteiger partial charge in [0.1, 0.15) is 0 Å². The third kappa shape index (κ3) is 2.41. The molecule has 1 amide bonds. The Hall–Kier alpha value is -1.36. The predicted molar refractivity (Wildman–Crippen MR) is 70.7 cm³/mol. The number of hydrogen-bond acceptors (Lipinski definition) is 3. The number of aromatic nitrogens is 2. The van der Waals surface area contributed by atoms with E-state index in [1.807, 2.05) is 16.5 Å². The Kier molecular flexibility index (Phi) is 3.43. The van der Waals surface area contributed by atoms with Gasteiger partial charge in [0.05, 0.1) is 17.3 Å². The molecule has 1 aliphatic rings. The van der Waals surface area contributed by atoms with Crippen molar-refractivity contribution in [1.82, 2.24) is 20.0 Å². The summed E-state index contributed by atoms with van der Waals surface area (Å²) in [7, 11) is 0. The molecular weight excluding hydrogens is 228 g/mol. The fraction of sp³-hybridized carbons (Fsp3) is 0.692. The highest BCUT2D eigenvalue weighted by molar-refractivity contribution is 5.95. The fourth-order valence-electron chi connectivity index (χ4n) is 2.33. The highest BCUT2D eigenvalue weighted by Crippen LogP contribution is 2.19. The monoisotopic (exact) mass is 250 g/mol. The second kappa shape index (κ2) is 4.72. The molecule has 1 saturated heterocycles. The Morgan fingerprint density at radius 3 is 2.44 bits per heavy atom. The van der Waals surface area contributed by atoms with E-state index in [4.69, 9.17) is 0 Å². The smallest absolute Gasteiger partial charge is 0.257 e. The second-order valence-corrected chi connectivity index (χ2v) is 5.77. The molecule has 0 aromatic carbocycles. The standard InChI is InChI=1S/C13H22N4O/c1-10-11(9-15-17(10)13(2,3)4)12(18)16-7-5-14-6-8-16/h9,14H,5-8H2,1-4H3. The van der Waals surface area contributed by atoms with Gasteiger partial charge in [-0.05, 0) is 27.7 Å². The molecular formula is C13H22N4O. The van der Waals surface area contributed by atoms with Gasteiger partial charge in [0.25, 0.3) is 5.91 Å². The van der Waals surface area contributed by atoms with E-state index in [-0.39, 0.29) is 11.4 Å². The van der Waals surface area contributed by atoms with Gasteiger partial charge in [-0.2, -0.15) is 5.10 Å². The van der Waals surface area contributed by atoms with Crippen molar-refractivity contribution in [2.24, 2.45) is 0 Å². The van der Waals surface area contributed by atoms with Crippen molar-refractivity contribution >= 4 is 5.91 Å². The average molecular weight is 250 g/mol. The van der Waals surface area contributed by atoms with Crippen LogP contribution >= 0.6 is 0 Å². The van der Waals surface area contributed by atoms with Crippen LogP contribution in [-0.2, 0) is 5.54 Å². The van der Waals surface area contributed by atoms with E-state index < -0.39 is 0 Å². The quantitative estimate of drug-likeness (QED) is 0.808. The van der Waals surface area contributed by atoms with Gasteiger partial charge in [0.2, 0.25) is 0 Å². The first-order chi connectivity index (χ1) is 8.41.